The van der Waals surface area contributed by atoms with Gasteiger partial charge in [0.2, 0.25) is 5.91 Å². The summed E-state index contributed by atoms with van der Waals surface area (Å²) in [6, 6.07) is 0. The molecule has 0 saturated heterocycles. The maximum absolute atomic E-state index is 12.8. The predicted molar refractivity (Wildman–Crippen MR) is 93.6 cm³/mol. The monoisotopic (exact) mass is 297 g/mol. The Labute approximate surface area is 133 Å². The van der Waals surface area contributed by atoms with E-state index in [0.29, 0.717) is 5.91 Å². The Kier molecular flexibility index (Phi) is 11.8. The van der Waals surface area contributed by atoms with Gasteiger partial charge in [0.05, 0.1) is 0 Å². The normalized spacial score (nSPS) is 14.0. The molecule has 0 aliphatic rings. The van der Waals surface area contributed by atoms with Crippen LogP contribution in [0, 0.1) is 5.41 Å². The lowest BCUT2D eigenvalue weighted by atomic mass is 9.74. The summed E-state index contributed by atoms with van der Waals surface area (Å²) in [5.41, 5.74) is -0.0917. The molecule has 0 aliphatic carbocycles. The highest BCUT2D eigenvalue weighted by Crippen LogP contribution is 2.37. The lowest BCUT2D eigenvalue weighted by molar-refractivity contribution is -0.142. The Morgan fingerprint density at radius 2 is 1.33 bits per heavy atom. The van der Waals surface area contributed by atoms with E-state index >= 15 is 0 Å². The Bertz CT molecular complexity index is 264. The molecule has 126 valence electrons. The number of rotatable bonds is 13. The molecule has 1 unspecified atom stereocenters. The van der Waals surface area contributed by atoms with E-state index in [4.69, 9.17) is 0 Å². The molecule has 0 heterocycles. The molecule has 0 spiro atoms. The van der Waals surface area contributed by atoms with Gasteiger partial charge >= 0.3 is 0 Å². The van der Waals surface area contributed by atoms with Crippen molar-refractivity contribution in [2.45, 2.75) is 98.3 Å². The van der Waals surface area contributed by atoms with Crippen molar-refractivity contribution in [1.82, 2.24) is 4.90 Å². The van der Waals surface area contributed by atoms with E-state index in [1.807, 2.05) is 11.9 Å². The van der Waals surface area contributed by atoms with E-state index < -0.39 is 0 Å². The predicted octanol–water partition coefficient (Wildman–Crippen LogP) is 5.80. The van der Waals surface area contributed by atoms with Gasteiger partial charge in [-0.3, -0.25) is 4.79 Å². The summed E-state index contributed by atoms with van der Waals surface area (Å²) in [5, 5.41) is 0. The zero-order valence-corrected chi connectivity index (χ0v) is 15.3. The molecule has 0 aromatic heterocycles. The lowest BCUT2D eigenvalue weighted by Gasteiger charge is -2.35. The number of amides is 1. The van der Waals surface area contributed by atoms with Crippen LogP contribution in [0.5, 0.6) is 0 Å². The van der Waals surface area contributed by atoms with Gasteiger partial charge in [0.1, 0.15) is 0 Å². The van der Waals surface area contributed by atoms with Crippen LogP contribution in [0.3, 0.4) is 0 Å². The molecule has 0 bridgehead atoms. The average molecular weight is 298 g/mol. The molecule has 0 radical (unpaired) electrons. The molecule has 2 heteroatoms. The molecule has 0 aliphatic heterocycles. The van der Waals surface area contributed by atoms with E-state index in [9.17, 15) is 4.79 Å². The Morgan fingerprint density at radius 1 is 0.810 bits per heavy atom. The van der Waals surface area contributed by atoms with E-state index in [1.54, 1.807) is 0 Å². The van der Waals surface area contributed by atoms with Crippen LogP contribution in [0.2, 0.25) is 0 Å². The van der Waals surface area contributed by atoms with Crippen LogP contribution in [0.4, 0.5) is 0 Å². The average Bonchev–Trinajstić information content (AvgIpc) is 2.52. The smallest absolute Gasteiger partial charge is 0.228 e. The first-order chi connectivity index (χ1) is 10.1. The van der Waals surface area contributed by atoms with E-state index in [2.05, 4.69) is 27.7 Å². The second-order valence-electron chi connectivity index (χ2n) is 6.57. The van der Waals surface area contributed by atoms with Gasteiger partial charge in [-0.05, 0) is 26.2 Å². The zero-order valence-electron chi connectivity index (χ0n) is 15.3. The molecule has 0 aromatic carbocycles. The van der Waals surface area contributed by atoms with Crippen LogP contribution in [0.1, 0.15) is 98.3 Å². The molecule has 1 amide bonds. The second kappa shape index (κ2) is 12.1. The highest BCUT2D eigenvalue weighted by Gasteiger charge is 2.36. The Morgan fingerprint density at radius 3 is 1.86 bits per heavy atom. The van der Waals surface area contributed by atoms with E-state index in [-0.39, 0.29) is 5.41 Å². The summed E-state index contributed by atoms with van der Waals surface area (Å²) < 4.78 is 0. The number of unbranched alkanes of at least 4 members (excludes halogenated alkanes) is 6. The van der Waals surface area contributed by atoms with Crippen molar-refractivity contribution in [2.75, 3.05) is 13.6 Å². The first-order valence-corrected chi connectivity index (χ1v) is 9.33. The van der Waals surface area contributed by atoms with Crippen molar-refractivity contribution in [1.29, 1.82) is 0 Å². The Balaban J connectivity index is 4.52. The van der Waals surface area contributed by atoms with Crippen LogP contribution < -0.4 is 0 Å². The van der Waals surface area contributed by atoms with Crippen LogP contribution in [0.25, 0.3) is 0 Å². The van der Waals surface area contributed by atoms with Gasteiger partial charge in [-0.15, -0.1) is 0 Å². The highest BCUT2D eigenvalue weighted by molar-refractivity contribution is 5.82. The molecule has 0 fully saturated rings. The maximum atomic E-state index is 12.8. The van der Waals surface area contributed by atoms with Gasteiger partial charge in [0, 0.05) is 19.0 Å². The quantitative estimate of drug-likeness (QED) is 0.393. The van der Waals surface area contributed by atoms with E-state index in [0.717, 1.165) is 25.8 Å². The summed E-state index contributed by atoms with van der Waals surface area (Å²) >= 11 is 0. The van der Waals surface area contributed by atoms with Gasteiger partial charge < -0.3 is 4.90 Å². The first kappa shape index (κ1) is 20.5. The molecule has 0 N–H and O–H groups in total. The summed E-state index contributed by atoms with van der Waals surface area (Å²) in [7, 11) is 1.96. The number of nitrogens with zero attached hydrogens (tertiary/aromatic N) is 1. The summed E-state index contributed by atoms with van der Waals surface area (Å²) in [6.45, 7) is 9.57. The molecule has 1 atom stereocenters. The van der Waals surface area contributed by atoms with Gasteiger partial charge in [0.25, 0.3) is 0 Å². The second-order valence-corrected chi connectivity index (χ2v) is 6.57. The number of hydrogen-bond acceptors (Lipinski definition) is 1. The van der Waals surface area contributed by atoms with Crippen molar-refractivity contribution in [3.63, 3.8) is 0 Å². The summed E-state index contributed by atoms with van der Waals surface area (Å²) in [5.74, 6) is 0.384. The zero-order chi connectivity index (χ0) is 16.1. The van der Waals surface area contributed by atoms with E-state index in [1.165, 1.54) is 51.4 Å². The molecule has 0 rings (SSSR count). The first-order valence-electron chi connectivity index (χ1n) is 9.33. The number of carbonyl (C=O) groups excluding carboxylic acids is 1. The van der Waals surface area contributed by atoms with Crippen molar-refractivity contribution in [3.8, 4) is 0 Å². The molecular formula is C19H39NO. The molecule has 21 heavy (non-hydrogen) atoms. The molecule has 2 nitrogen and oxygen atoms in total. The fraction of sp³-hybridized carbons (Fsp3) is 0.947. The number of hydrogen-bond donors (Lipinski definition) is 0. The minimum absolute atomic E-state index is 0.0917. The maximum Gasteiger partial charge on any atom is 0.228 e. The minimum Gasteiger partial charge on any atom is -0.346 e. The third-order valence-electron chi connectivity index (χ3n) is 4.97. The van der Waals surface area contributed by atoms with Crippen molar-refractivity contribution >= 4 is 5.91 Å². The van der Waals surface area contributed by atoms with Crippen LogP contribution >= 0.6 is 0 Å². The van der Waals surface area contributed by atoms with Gasteiger partial charge in [0.15, 0.2) is 0 Å². The standard InChI is InChI=1S/C19H39NO/c1-6-10-12-13-14-15-17-19(8-3,16-11-7-2)18(21)20(5)9-4/h6-17H2,1-5H3. The fourth-order valence-corrected chi connectivity index (χ4v) is 3.15. The number of carbonyl (C=O) groups is 1. The highest BCUT2D eigenvalue weighted by atomic mass is 16.2. The van der Waals surface area contributed by atoms with Gasteiger partial charge in [-0.1, -0.05) is 72.1 Å². The van der Waals surface area contributed by atoms with Crippen molar-refractivity contribution in [2.24, 2.45) is 5.41 Å². The van der Waals surface area contributed by atoms with Crippen LogP contribution in [-0.2, 0) is 4.79 Å². The molecule has 0 aromatic rings. The third-order valence-corrected chi connectivity index (χ3v) is 4.97. The van der Waals surface area contributed by atoms with Crippen LogP contribution in [-0.4, -0.2) is 24.4 Å². The van der Waals surface area contributed by atoms with Crippen molar-refractivity contribution in [3.05, 3.63) is 0 Å². The lowest BCUT2D eigenvalue weighted by Crippen LogP contribution is -2.41. The largest absolute Gasteiger partial charge is 0.346 e. The van der Waals surface area contributed by atoms with Crippen LogP contribution in [0.15, 0.2) is 0 Å². The molecular weight excluding hydrogens is 258 g/mol. The Hall–Kier alpha value is -0.530. The minimum atomic E-state index is -0.0917. The van der Waals surface area contributed by atoms with Gasteiger partial charge in [-0.25, -0.2) is 0 Å². The topological polar surface area (TPSA) is 20.3 Å². The molecule has 0 saturated carbocycles. The fourth-order valence-electron chi connectivity index (χ4n) is 3.15. The summed E-state index contributed by atoms with van der Waals surface area (Å²) in [4.78, 5) is 14.8. The SMILES string of the molecule is CCCCCCCCC(CC)(CCCC)C(=O)N(C)CC. The summed E-state index contributed by atoms with van der Waals surface area (Å²) in [6.07, 6.45) is 13.3. The van der Waals surface area contributed by atoms with Crippen molar-refractivity contribution < 1.29 is 4.79 Å². The van der Waals surface area contributed by atoms with Gasteiger partial charge in [-0.2, -0.15) is 0 Å². The third kappa shape index (κ3) is 7.33.